The number of rotatable bonds is 8. The maximum atomic E-state index is 15.2. The van der Waals surface area contributed by atoms with Crippen LogP contribution in [0.1, 0.15) is 54.9 Å². The third-order valence-corrected chi connectivity index (χ3v) is 6.24. The Balaban J connectivity index is 1.52. The minimum absolute atomic E-state index is 0.257. The standard InChI is InChI=1S/C33H31F/c1-3-5-7-9-26-10-12-27(13-11-26)16-19-29-20-21-31-24-30(22-23-32(31)33(29)34)28-17-14-25(15-18-28)8-6-4-2/h4,10-15,17-18,20-24H,2-3,5-9H2,1H3. The van der Waals surface area contributed by atoms with Gasteiger partial charge in [-0.1, -0.05) is 92.3 Å². The van der Waals surface area contributed by atoms with Gasteiger partial charge >= 0.3 is 0 Å². The Morgan fingerprint density at radius 1 is 0.765 bits per heavy atom. The summed E-state index contributed by atoms with van der Waals surface area (Å²) in [6, 6.07) is 26.5. The molecule has 170 valence electrons. The van der Waals surface area contributed by atoms with Crippen molar-refractivity contribution < 1.29 is 4.39 Å². The summed E-state index contributed by atoms with van der Waals surface area (Å²) in [6.45, 7) is 6.00. The van der Waals surface area contributed by atoms with Crippen LogP contribution in [-0.2, 0) is 12.8 Å². The van der Waals surface area contributed by atoms with Crippen molar-refractivity contribution in [2.75, 3.05) is 0 Å². The van der Waals surface area contributed by atoms with Gasteiger partial charge in [-0.15, -0.1) is 6.58 Å². The van der Waals surface area contributed by atoms with Crippen LogP contribution in [-0.4, -0.2) is 0 Å². The zero-order valence-corrected chi connectivity index (χ0v) is 19.9. The van der Waals surface area contributed by atoms with Gasteiger partial charge in [0.15, 0.2) is 0 Å². The Labute approximate surface area is 203 Å². The molecule has 0 nitrogen and oxygen atoms in total. The number of benzene rings is 4. The van der Waals surface area contributed by atoms with E-state index in [9.17, 15) is 0 Å². The molecule has 34 heavy (non-hydrogen) atoms. The van der Waals surface area contributed by atoms with E-state index in [1.165, 1.54) is 30.4 Å². The number of aryl methyl sites for hydroxylation is 2. The molecule has 0 heterocycles. The van der Waals surface area contributed by atoms with E-state index in [-0.39, 0.29) is 5.82 Å². The van der Waals surface area contributed by atoms with Crippen LogP contribution >= 0.6 is 0 Å². The number of hydrogen-bond acceptors (Lipinski definition) is 0. The first kappa shape index (κ1) is 23.5. The molecule has 1 heteroatoms. The van der Waals surface area contributed by atoms with Crippen LogP contribution in [0.4, 0.5) is 4.39 Å². The van der Waals surface area contributed by atoms with Crippen molar-refractivity contribution >= 4 is 10.8 Å². The monoisotopic (exact) mass is 446 g/mol. The van der Waals surface area contributed by atoms with Crippen LogP contribution in [0.15, 0.2) is 91.5 Å². The molecule has 0 saturated heterocycles. The molecular formula is C33H31F. The van der Waals surface area contributed by atoms with Crippen LogP contribution in [0.2, 0.25) is 0 Å². The normalized spacial score (nSPS) is 10.6. The molecule has 0 spiro atoms. The van der Waals surface area contributed by atoms with Crippen molar-refractivity contribution in [1.82, 2.24) is 0 Å². The lowest BCUT2D eigenvalue weighted by atomic mass is 9.98. The molecular weight excluding hydrogens is 415 g/mol. The van der Waals surface area contributed by atoms with Crippen LogP contribution in [0, 0.1) is 17.7 Å². The van der Waals surface area contributed by atoms with Gasteiger partial charge in [-0.2, -0.15) is 0 Å². The largest absolute Gasteiger partial charge is 0.205 e. The quantitative estimate of drug-likeness (QED) is 0.144. The highest BCUT2D eigenvalue weighted by Gasteiger charge is 2.08. The van der Waals surface area contributed by atoms with Gasteiger partial charge in [-0.05, 0) is 77.6 Å². The van der Waals surface area contributed by atoms with Crippen LogP contribution in [0.25, 0.3) is 21.9 Å². The first-order valence-corrected chi connectivity index (χ1v) is 12.2. The average Bonchev–Trinajstić information content (AvgIpc) is 2.88. The van der Waals surface area contributed by atoms with E-state index < -0.39 is 0 Å². The van der Waals surface area contributed by atoms with E-state index >= 15 is 4.39 Å². The van der Waals surface area contributed by atoms with Gasteiger partial charge in [0.1, 0.15) is 5.82 Å². The first-order chi connectivity index (χ1) is 16.7. The summed E-state index contributed by atoms with van der Waals surface area (Å²) in [6.07, 6.45) is 8.71. The molecule has 0 fully saturated rings. The number of unbranched alkanes of at least 4 members (excludes halogenated alkanes) is 2. The second kappa shape index (κ2) is 11.5. The lowest BCUT2D eigenvalue weighted by molar-refractivity contribution is 0.636. The van der Waals surface area contributed by atoms with Gasteiger partial charge in [-0.25, -0.2) is 4.39 Å². The van der Waals surface area contributed by atoms with Crippen molar-refractivity contribution in [2.45, 2.75) is 45.4 Å². The van der Waals surface area contributed by atoms with Gasteiger partial charge in [0, 0.05) is 10.9 Å². The van der Waals surface area contributed by atoms with Gasteiger partial charge in [0.2, 0.25) is 0 Å². The predicted molar refractivity (Wildman–Crippen MR) is 144 cm³/mol. The molecule has 0 bridgehead atoms. The van der Waals surface area contributed by atoms with Crippen molar-refractivity contribution in [3.05, 3.63) is 120 Å². The third-order valence-electron chi connectivity index (χ3n) is 6.24. The highest BCUT2D eigenvalue weighted by atomic mass is 19.1. The highest BCUT2D eigenvalue weighted by Crippen LogP contribution is 2.28. The van der Waals surface area contributed by atoms with Gasteiger partial charge in [-0.3, -0.25) is 0 Å². The second-order valence-electron chi connectivity index (χ2n) is 8.79. The van der Waals surface area contributed by atoms with Crippen molar-refractivity contribution in [2.24, 2.45) is 0 Å². The van der Waals surface area contributed by atoms with E-state index in [0.717, 1.165) is 41.3 Å². The number of allylic oxidation sites excluding steroid dienone is 1. The molecule has 0 amide bonds. The molecule has 0 radical (unpaired) electrons. The molecule has 4 rings (SSSR count). The summed E-state index contributed by atoms with van der Waals surface area (Å²) >= 11 is 0. The van der Waals surface area contributed by atoms with Crippen molar-refractivity contribution in [3.63, 3.8) is 0 Å². The second-order valence-corrected chi connectivity index (χ2v) is 8.79. The summed E-state index contributed by atoms with van der Waals surface area (Å²) in [5.74, 6) is 5.90. The maximum Gasteiger partial charge on any atom is 0.146 e. The molecule has 0 aromatic heterocycles. The summed E-state index contributed by atoms with van der Waals surface area (Å²) in [5.41, 5.74) is 6.18. The third kappa shape index (κ3) is 5.83. The van der Waals surface area contributed by atoms with Crippen LogP contribution < -0.4 is 0 Å². The molecule has 0 aliphatic heterocycles. The molecule has 4 aromatic rings. The summed E-state index contributed by atoms with van der Waals surface area (Å²) < 4.78 is 15.2. The zero-order valence-electron chi connectivity index (χ0n) is 19.9. The van der Waals surface area contributed by atoms with E-state index in [2.05, 4.69) is 61.7 Å². The van der Waals surface area contributed by atoms with E-state index in [1.54, 1.807) is 6.07 Å². The number of halogens is 1. The number of hydrogen-bond donors (Lipinski definition) is 0. The number of fused-ring (bicyclic) bond motifs is 1. The van der Waals surface area contributed by atoms with Gasteiger partial charge in [0.25, 0.3) is 0 Å². The fourth-order valence-corrected chi connectivity index (χ4v) is 4.17. The fourth-order valence-electron chi connectivity index (χ4n) is 4.17. The fraction of sp³-hybridized carbons (Fsp3) is 0.212. The minimum Gasteiger partial charge on any atom is -0.205 e. The minimum atomic E-state index is -0.257. The van der Waals surface area contributed by atoms with Crippen molar-refractivity contribution in [1.29, 1.82) is 0 Å². The van der Waals surface area contributed by atoms with Gasteiger partial charge < -0.3 is 0 Å². The van der Waals surface area contributed by atoms with Crippen LogP contribution in [0.3, 0.4) is 0 Å². The Kier molecular flexibility index (Phi) is 7.95. The summed E-state index contributed by atoms with van der Waals surface area (Å²) in [5, 5.41) is 1.48. The molecule has 0 saturated carbocycles. The smallest absolute Gasteiger partial charge is 0.146 e. The molecule has 0 N–H and O–H groups in total. The zero-order chi connectivity index (χ0) is 23.8. The van der Waals surface area contributed by atoms with Crippen molar-refractivity contribution in [3.8, 4) is 23.0 Å². The van der Waals surface area contributed by atoms with E-state index in [1.807, 2.05) is 42.5 Å². The van der Waals surface area contributed by atoms with E-state index in [0.29, 0.717) is 10.9 Å². The molecule has 0 atom stereocenters. The van der Waals surface area contributed by atoms with E-state index in [4.69, 9.17) is 0 Å². The Morgan fingerprint density at radius 3 is 2.21 bits per heavy atom. The Morgan fingerprint density at radius 2 is 1.47 bits per heavy atom. The molecule has 4 aromatic carbocycles. The SMILES string of the molecule is C=CCCc1ccc(-c2ccc3c(F)c(C#Cc4ccc(CCCCC)cc4)ccc3c2)cc1. The lowest BCUT2D eigenvalue weighted by Gasteiger charge is -2.07. The molecule has 0 aliphatic carbocycles. The Bertz CT molecular complexity index is 1320. The topological polar surface area (TPSA) is 0 Å². The average molecular weight is 447 g/mol. The van der Waals surface area contributed by atoms with Gasteiger partial charge in [0.05, 0.1) is 5.56 Å². The van der Waals surface area contributed by atoms with Crippen LogP contribution in [0.5, 0.6) is 0 Å². The summed E-state index contributed by atoms with van der Waals surface area (Å²) in [4.78, 5) is 0. The Hall–Kier alpha value is -3.63. The predicted octanol–water partition coefficient (Wildman–Crippen LogP) is 8.90. The first-order valence-electron chi connectivity index (χ1n) is 12.2. The summed E-state index contributed by atoms with van der Waals surface area (Å²) in [7, 11) is 0. The maximum absolute atomic E-state index is 15.2. The lowest BCUT2D eigenvalue weighted by Crippen LogP contribution is -1.89. The molecule has 0 unspecified atom stereocenters. The molecule has 0 aliphatic rings. The highest BCUT2D eigenvalue weighted by molar-refractivity contribution is 5.89.